The van der Waals surface area contributed by atoms with Crippen LogP contribution in [0.4, 0.5) is 6.01 Å². The summed E-state index contributed by atoms with van der Waals surface area (Å²) in [6.07, 6.45) is 3.48. The highest BCUT2D eigenvalue weighted by molar-refractivity contribution is 5.26. The minimum absolute atomic E-state index is 0.436. The van der Waals surface area contributed by atoms with Gasteiger partial charge in [-0.2, -0.15) is 4.98 Å². The molecule has 1 N–H and O–H groups in total. The summed E-state index contributed by atoms with van der Waals surface area (Å²) in [6.45, 7) is 5.61. The molecule has 0 saturated heterocycles. The average Bonchev–Trinajstić information content (AvgIpc) is 2.86. The molecule has 0 unspecified atom stereocenters. The lowest BCUT2D eigenvalue weighted by Gasteiger charge is -2.13. The Morgan fingerprint density at radius 3 is 2.84 bits per heavy atom. The van der Waals surface area contributed by atoms with Gasteiger partial charge in [0, 0.05) is 25.8 Å². The van der Waals surface area contributed by atoms with Crippen LogP contribution in [0.3, 0.4) is 0 Å². The number of hydrogen-bond donors (Lipinski definition) is 1. The Balaban J connectivity index is 1.94. The molecule has 102 valence electrons. The van der Waals surface area contributed by atoms with Gasteiger partial charge in [0.15, 0.2) is 0 Å². The smallest absolute Gasteiger partial charge is 0.297 e. The lowest BCUT2D eigenvalue weighted by molar-refractivity contribution is 0.539. The maximum absolute atomic E-state index is 5.48. The van der Waals surface area contributed by atoms with Crippen molar-refractivity contribution < 1.29 is 4.42 Å². The van der Waals surface area contributed by atoms with E-state index in [1.807, 2.05) is 30.1 Å². The fourth-order valence-corrected chi connectivity index (χ4v) is 1.66. The second-order valence-corrected chi connectivity index (χ2v) is 4.83. The normalized spacial score (nSPS) is 10.9. The van der Waals surface area contributed by atoms with Crippen molar-refractivity contribution in [1.29, 1.82) is 0 Å². The van der Waals surface area contributed by atoms with Crippen LogP contribution in [-0.2, 0) is 13.1 Å². The molecule has 2 aromatic heterocycles. The first-order valence-electron chi connectivity index (χ1n) is 6.44. The van der Waals surface area contributed by atoms with Crippen LogP contribution in [0.1, 0.15) is 25.2 Å². The Kier molecular flexibility index (Phi) is 4.52. The van der Waals surface area contributed by atoms with Crippen LogP contribution < -0.4 is 10.2 Å². The van der Waals surface area contributed by atoms with Crippen LogP contribution in [0.25, 0.3) is 0 Å². The molecule has 0 aliphatic rings. The highest BCUT2D eigenvalue weighted by Crippen LogP contribution is 2.14. The fourth-order valence-electron chi connectivity index (χ4n) is 1.66. The van der Waals surface area contributed by atoms with E-state index in [1.54, 1.807) is 12.5 Å². The van der Waals surface area contributed by atoms with E-state index in [0.29, 0.717) is 18.6 Å². The van der Waals surface area contributed by atoms with Gasteiger partial charge in [0.25, 0.3) is 6.01 Å². The minimum atomic E-state index is 0.436. The lowest BCUT2D eigenvalue weighted by atomic mass is 10.3. The zero-order chi connectivity index (χ0) is 13.7. The largest absolute Gasteiger partial charge is 0.432 e. The molecule has 5 heteroatoms. The summed E-state index contributed by atoms with van der Waals surface area (Å²) < 4.78 is 5.48. The Labute approximate surface area is 113 Å². The van der Waals surface area contributed by atoms with Crippen molar-refractivity contribution in [2.45, 2.75) is 33.0 Å². The van der Waals surface area contributed by atoms with E-state index in [0.717, 1.165) is 17.9 Å². The minimum Gasteiger partial charge on any atom is -0.432 e. The molecule has 19 heavy (non-hydrogen) atoms. The first-order chi connectivity index (χ1) is 9.15. The van der Waals surface area contributed by atoms with E-state index < -0.39 is 0 Å². The van der Waals surface area contributed by atoms with E-state index in [-0.39, 0.29) is 0 Å². The van der Waals surface area contributed by atoms with Crippen molar-refractivity contribution in [2.24, 2.45) is 0 Å². The standard InChI is InChI=1S/C14H20N4O/c1-11(2)16-8-13-10-19-14(17-13)18(3)9-12-6-4-5-7-15-12/h4-7,10-11,16H,8-9H2,1-3H3. The van der Waals surface area contributed by atoms with Crippen molar-refractivity contribution in [3.05, 3.63) is 42.0 Å². The summed E-state index contributed by atoms with van der Waals surface area (Å²) >= 11 is 0. The number of oxazole rings is 1. The topological polar surface area (TPSA) is 54.2 Å². The van der Waals surface area contributed by atoms with Gasteiger partial charge in [-0.05, 0) is 12.1 Å². The van der Waals surface area contributed by atoms with E-state index in [1.165, 1.54) is 0 Å². The van der Waals surface area contributed by atoms with Gasteiger partial charge in [-0.15, -0.1) is 0 Å². The van der Waals surface area contributed by atoms with E-state index >= 15 is 0 Å². The van der Waals surface area contributed by atoms with Gasteiger partial charge < -0.3 is 14.6 Å². The average molecular weight is 260 g/mol. The SMILES string of the molecule is CC(C)NCc1coc(N(C)Cc2ccccn2)n1. The first-order valence-corrected chi connectivity index (χ1v) is 6.44. The second kappa shape index (κ2) is 6.33. The predicted molar refractivity (Wildman–Crippen MR) is 74.8 cm³/mol. The maximum atomic E-state index is 5.48. The zero-order valence-electron chi connectivity index (χ0n) is 11.6. The molecule has 0 aliphatic heterocycles. The summed E-state index contributed by atoms with van der Waals surface area (Å²) in [6, 6.07) is 6.92. The third kappa shape index (κ3) is 4.06. The quantitative estimate of drug-likeness (QED) is 0.863. The van der Waals surface area contributed by atoms with Gasteiger partial charge in [0.05, 0.1) is 17.9 Å². The van der Waals surface area contributed by atoms with Gasteiger partial charge >= 0.3 is 0 Å². The molecular weight excluding hydrogens is 240 g/mol. The van der Waals surface area contributed by atoms with Crippen molar-refractivity contribution in [3.8, 4) is 0 Å². The van der Waals surface area contributed by atoms with Gasteiger partial charge in [0.1, 0.15) is 6.26 Å². The Morgan fingerprint density at radius 1 is 1.32 bits per heavy atom. The Hall–Kier alpha value is -1.88. The number of anilines is 1. The number of nitrogens with one attached hydrogen (secondary N) is 1. The van der Waals surface area contributed by atoms with Crippen molar-refractivity contribution >= 4 is 6.01 Å². The Bertz CT molecular complexity index is 495. The molecule has 0 saturated carbocycles. The first kappa shape index (κ1) is 13.5. The van der Waals surface area contributed by atoms with Crippen LogP contribution >= 0.6 is 0 Å². The van der Waals surface area contributed by atoms with Crippen molar-refractivity contribution in [1.82, 2.24) is 15.3 Å². The van der Waals surface area contributed by atoms with Crippen LogP contribution in [0, 0.1) is 0 Å². The Morgan fingerprint density at radius 2 is 2.16 bits per heavy atom. The predicted octanol–water partition coefficient (Wildman–Crippen LogP) is 2.20. The van der Waals surface area contributed by atoms with Crippen LogP contribution in [0.2, 0.25) is 0 Å². The molecule has 2 rings (SSSR count). The van der Waals surface area contributed by atoms with Gasteiger partial charge in [0.2, 0.25) is 0 Å². The number of nitrogens with zero attached hydrogens (tertiary/aromatic N) is 3. The van der Waals surface area contributed by atoms with Crippen molar-refractivity contribution in [2.75, 3.05) is 11.9 Å². The van der Waals surface area contributed by atoms with Crippen LogP contribution in [0.15, 0.2) is 35.1 Å². The van der Waals surface area contributed by atoms with Gasteiger partial charge in [-0.25, -0.2) is 0 Å². The molecule has 0 aliphatic carbocycles. The van der Waals surface area contributed by atoms with Crippen molar-refractivity contribution in [3.63, 3.8) is 0 Å². The number of rotatable bonds is 6. The highest BCUT2D eigenvalue weighted by Gasteiger charge is 2.10. The third-order valence-corrected chi connectivity index (χ3v) is 2.68. The van der Waals surface area contributed by atoms with E-state index in [9.17, 15) is 0 Å². The second-order valence-electron chi connectivity index (χ2n) is 4.83. The third-order valence-electron chi connectivity index (χ3n) is 2.68. The number of pyridine rings is 1. The molecule has 2 aromatic rings. The summed E-state index contributed by atoms with van der Waals surface area (Å²) in [7, 11) is 1.94. The molecule has 0 spiro atoms. The van der Waals surface area contributed by atoms with Gasteiger partial charge in [-0.3, -0.25) is 4.98 Å². The summed E-state index contributed by atoms with van der Waals surface area (Å²) in [5.74, 6) is 0. The van der Waals surface area contributed by atoms with Gasteiger partial charge in [-0.1, -0.05) is 19.9 Å². The highest BCUT2D eigenvalue weighted by atomic mass is 16.4. The monoisotopic (exact) mass is 260 g/mol. The fraction of sp³-hybridized carbons (Fsp3) is 0.429. The number of aromatic nitrogens is 2. The summed E-state index contributed by atoms with van der Waals surface area (Å²) in [5, 5.41) is 3.31. The number of hydrogen-bond acceptors (Lipinski definition) is 5. The van der Waals surface area contributed by atoms with Crippen LogP contribution in [0.5, 0.6) is 0 Å². The molecule has 0 aromatic carbocycles. The molecule has 0 radical (unpaired) electrons. The lowest BCUT2D eigenvalue weighted by Crippen LogP contribution is -2.22. The molecule has 0 bridgehead atoms. The maximum Gasteiger partial charge on any atom is 0.297 e. The molecular formula is C14H20N4O. The molecule has 0 fully saturated rings. The summed E-state index contributed by atoms with van der Waals surface area (Å²) in [5.41, 5.74) is 1.90. The molecule has 2 heterocycles. The zero-order valence-corrected chi connectivity index (χ0v) is 11.6. The molecule has 0 atom stereocenters. The molecule has 0 amide bonds. The van der Waals surface area contributed by atoms with E-state index in [2.05, 4.69) is 29.1 Å². The van der Waals surface area contributed by atoms with E-state index in [4.69, 9.17) is 4.42 Å². The van der Waals surface area contributed by atoms with Crippen LogP contribution in [-0.4, -0.2) is 23.1 Å². The summed E-state index contributed by atoms with van der Waals surface area (Å²) in [4.78, 5) is 10.7. The molecule has 5 nitrogen and oxygen atoms in total.